The number of oxazole rings is 1. The van der Waals surface area contributed by atoms with Gasteiger partial charge in [0.15, 0.2) is 5.89 Å². The van der Waals surface area contributed by atoms with E-state index in [1.165, 1.54) is 6.26 Å². The van der Waals surface area contributed by atoms with Crippen LogP contribution >= 0.6 is 0 Å². The van der Waals surface area contributed by atoms with E-state index in [2.05, 4.69) is 27.4 Å². The number of aromatic nitrogens is 3. The second-order valence-corrected chi connectivity index (χ2v) is 5.04. The Labute approximate surface area is 121 Å². The molecule has 3 rings (SSSR count). The molecule has 8 nitrogen and oxygen atoms in total. The topological polar surface area (TPSA) is 97.3 Å². The average molecular weight is 291 g/mol. The Hall–Kier alpha value is -2.22. The molecule has 8 heteroatoms. The van der Waals surface area contributed by atoms with E-state index in [4.69, 9.17) is 8.94 Å². The first-order valence-electron chi connectivity index (χ1n) is 6.93. The Morgan fingerprint density at radius 3 is 3.10 bits per heavy atom. The number of likely N-dealkylation sites (N-methyl/N-ethyl adjacent to an activating group) is 1. The molecule has 21 heavy (non-hydrogen) atoms. The standard InChI is InChI=1S/C13H17N5O3/c1-3-4-10-15-9(7-20-10)12-16-13(21-17-12)8-6-18(2)11(19)5-14-8/h7-8,14H,3-6H2,1-2H3. The lowest BCUT2D eigenvalue weighted by Crippen LogP contribution is -2.47. The third-order valence-electron chi connectivity index (χ3n) is 3.37. The highest BCUT2D eigenvalue weighted by Gasteiger charge is 2.28. The van der Waals surface area contributed by atoms with Gasteiger partial charge in [-0.25, -0.2) is 4.98 Å². The second-order valence-electron chi connectivity index (χ2n) is 5.04. The van der Waals surface area contributed by atoms with Crippen molar-refractivity contribution >= 4 is 5.91 Å². The molecule has 1 aliphatic rings. The Bertz CT molecular complexity index is 635. The Balaban J connectivity index is 1.75. The second kappa shape index (κ2) is 5.65. The molecule has 1 amide bonds. The van der Waals surface area contributed by atoms with Crippen LogP contribution < -0.4 is 5.32 Å². The molecule has 0 bridgehead atoms. The van der Waals surface area contributed by atoms with Gasteiger partial charge in [0.1, 0.15) is 18.0 Å². The van der Waals surface area contributed by atoms with Gasteiger partial charge in [0.2, 0.25) is 17.6 Å². The first-order chi connectivity index (χ1) is 10.2. The van der Waals surface area contributed by atoms with Crippen LogP contribution in [0, 0.1) is 0 Å². The summed E-state index contributed by atoms with van der Waals surface area (Å²) < 4.78 is 10.6. The van der Waals surface area contributed by atoms with E-state index in [0.717, 1.165) is 12.8 Å². The predicted octanol–water partition coefficient (Wildman–Crippen LogP) is 0.780. The van der Waals surface area contributed by atoms with Gasteiger partial charge in [0, 0.05) is 20.0 Å². The summed E-state index contributed by atoms with van der Waals surface area (Å²) in [4.78, 5) is 21.7. The smallest absolute Gasteiger partial charge is 0.245 e. The van der Waals surface area contributed by atoms with Crippen LogP contribution in [0.5, 0.6) is 0 Å². The molecular weight excluding hydrogens is 274 g/mol. The fourth-order valence-electron chi connectivity index (χ4n) is 2.17. The highest BCUT2D eigenvalue weighted by Crippen LogP contribution is 2.20. The van der Waals surface area contributed by atoms with Crippen LogP contribution in [0.3, 0.4) is 0 Å². The highest BCUT2D eigenvalue weighted by molar-refractivity contribution is 5.78. The van der Waals surface area contributed by atoms with Gasteiger partial charge in [0.25, 0.3) is 0 Å². The number of carbonyl (C=O) groups is 1. The summed E-state index contributed by atoms with van der Waals surface area (Å²) in [6.07, 6.45) is 3.27. The van der Waals surface area contributed by atoms with E-state index in [9.17, 15) is 4.79 Å². The van der Waals surface area contributed by atoms with Crippen molar-refractivity contribution in [2.24, 2.45) is 0 Å². The Kier molecular flexibility index (Phi) is 3.70. The number of rotatable bonds is 4. The summed E-state index contributed by atoms with van der Waals surface area (Å²) in [5, 5.41) is 7.00. The van der Waals surface area contributed by atoms with Crippen molar-refractivity contribution in [2.75, 3.05) is 20.1 Å². The number of aryl methyl sites for hydroxylation is 1. The first-order valence-corrected chi connectivity index (χ1v) is 6.93. The third-order valence-corrected chi connectivity index (χ3v) is 3.37. The average Bonchev–Trinajstić information content (AvgIpc) is 3.11. The summed E-state index contributed by atoms with van der Waals surface area (Å²) in [7, 11) is 1.75. The van der Waals surface area contributed by atoms with Gasteiger partial charge in [0.05, 0.1) is 6.54 Å². The van der Waals surface area contributed by atoms with Gasteiger partial charge in [-0.3, -0.25) is 10.1 Å². The number of piperazine rings is 1. The molecule has 0 radical (unpaired) electrons. The quantitative estimate of drug-likeness (QED) is 0.888. The van der Waals surface area contributed by atoms with Crippen LogP contribution in [0.1, 0.15) is 31.2 Å². The van der Waals surface area contributed by atoms with Crippen LogP contribution in [-0.4, -0.2) is 46.1 Å². The van der Waals surface area contributed by atoms with Crippen LogP contribution in [-0.2, 0) is 11.2 Å². The Morgan fingerprint density at radius 2 is 2.33 bits per heavy atom. The molecule has 1 aliphatic heterocycles. The van der Waals surface area contributed by atoms with Crippen molar-refractivity contribution in [3.8, 4) is 11.5 Å². The zero-order valence-corrected chi connectivity index (χ0v) is 12.0. The largest absolute Gasteiger partial charge is 0.448 e. The van der Waals surface area contributed by atoms with Crippen molar-refractivity contribution in [3.63, 3.8) is 0 Å². The monoisotopic (exact) mass is 291 g/mol. The minimum absolute atomic E-state index is 0.0479. The Morgan fingerprint density at radius 1 is 1.48 bits per heavy atom. The maximum atomic E-state index is 11.4. The molecule has 3 heterocycles. The molecule has 0 aliphatic carbocycles. The number of nitrogens with one attached hydrogen (secondary N) is 1. The van der Waals surface area contributed by atoms with Gasteiger partial charge >= 0.3 is 0 Å². The highest BCUT2D eigenvalue weighted by atomic mass is 16.5. The minimum atomic E-state index is -0.157. The molecule has 2 aromatic heterocycles. The van der Waals surface area contributed by atoms with E-state index in [-0.39, 0.29) is 18.5 Å². The van der Waals surface area contributed by atoms with Gasteiger partial charge in [-0.05, 0) is 6.42 Å². The molecule has 0 aromatic carbocycles. The summed E-state index contributed by atoms with van der Waals surface area (Å²) in [6.45, 7) is 2.83. The van der Waals surface area contributed by atoms with E-state index in [0.29, 0.717) is 29.8 Å². The van der Waals surface area contributed by atoms with Crippen LogP contribution in [0.4, 0.5) is 0 Å². The molecule has 112 valence electrons. The summed E-state index contributed by atoms with van der Waals surface area (Å²) in [6, 6.07) is -0.157. The minimum Gasteiger partial charge on any atom is -0.448 e. The van der Waals surface area contributed by atoms with Crippen LogP contribution in [0.25, 0.3) is 11.5 Å². The summed E-state index contributed by atoms with van der Waals surface area (Å²) in [5.41, 5.74) is 0.564. The fourth-order valence-corrected chi connectivity index (χ4v) is 2.17. The van der Waals surface area contributed by atoms with Crippen molar-refractivity contribution in [1.29, 1.82) is 0 Å². The normalized spacial score (nSPS) is 19.2. The van der Waals surface area contributed by atoms with Crippen LogP contribution in [0.2, 0.25) is 0 Å². The predicted molar refractivity (Wildman–Crippen MR) is 72.2 cm³/mol. The molecule has 0 spiro atoms. The van der Waals surface area contributed by atoms with Crippen molar-refractivity contribution < 1.29 is 13.7 Å². The fraction of sp³-hybridized carbons (Fsp3) is 0.538. The summed E-state index contributed by atoms with van der Waals surface area (Å²) >= 11 is 0. The van der Waals surface area contributed by atoms with E-state index in [1.54, 1.807) is 11.9 Å². The van der Waals surface area contributed by atoms with E-state index < -0.39 is 0 Å². The first kappa shape index (κ1) is 13.7. The third kappa shape index (κ3) is 2.80. The van der Waals surface area contributed by atoms with Gasteiger partial charge in [-0.15, -0.1) is 0 Å². The molecular formula is C13H17N5O3. The molecule has 1 N–H and O–H groups in total. The van der Waals surface area contributed by atoms with Gasteiger partial charge in [-0.2, -0.15) is 4.98 Å². The van der Waals surface area contributed by atoms with Crippen molar-refractivity contribution in [1.82, 2.24) is 25.3 Å². The molecule has 0 saturated carbocycles. The molecule has 2 aromatic rings. The number of amides is 1. The lowest BCUT2D eigenvalue weighted by Gasteiger charge is -2.28. The zero-order chi connectivity index (χ0) is 14.8. The van der Waals surface area contributed by atoms with Crippen LogP contribution in [0.15, 0.2) is 15.2 Å². The molecule has 1 unspecified atom stereocenters. The maximum absolute atomic E-state index is 11.4. The maximum Gasteiger partial charge on any atom is 0.245 e. The van der Waals surface area contributed by atoms with Gasteiger partial charge in [-0.1, -0.05) is 12.1 Å². The van der Waals surface area contributed by atoms with Gasteiger partial charge < -0.3 is 13.8 Å². The molecule has 1 saturated heterocycles. The number of hydrogen-bond acceptors (Lipinski definition) is 7. The van der Waals surface area contributed by atoms with Crippen molar-refractivity contribution in [3.05, 3.63) is 18.0 Å². The zero-order valence-electron chi connectivity index (χ0n) is 12.0. The van der Waals surface area contributed by atoms with E-state index in [1.807, 2.05) is 0 Å². The molecule has 1 fully saturated rings. The lowest BCUT2D eigenvalue weighted by atomic mass is 10.2. The SMILES string of the molecule is CCCc1nc(-c2noc(C3CN(C)C(=O)CN3)n2)co1. The summed E-state index contributed by atoms with van der Waals surface area (Å²) in [5.74, 6) is 1.56. The number of carbonyl (C=O) groups excluding carboxylic acids is 1. The molecule has 1 atom stereocenters. The van der Waals surface area contributed by atoms with E-state index >= 15 is 0 Å². The lowest BCUT2D eigenvalue weighted by molar-refractivity contribution is -0.131. The number of nitrogens with zero attached hydrogens (tertiary/aromatic N) is 4. The number of hydrogen-bond donors (Lipinski definition) is 1. The van der Waals surface area contributed by atoms with Crippen molar-refractivity contribution in [2.45, 2.75) is 25.8 Å².